The number of rotatable bonds is 4. The number of amides is 1. The highest BCUT2D eigenvalue weighted by atomic mass is 32.2. The third kappa shape index (κ3) is 4.72. The molecular formula is C21H31NO4S. The summed E-state index contributed by atoms with van der Waals surface area (Å²) in [4.78, 5) is 14.9. The van der Waals surface area contributed by atoms with Gasteiger partial charge in [0.25, 0.3) is 0 Å². The maximum atomic E-state index is 12.7. The van der Waals surface area contributed by atoms with E-state index in [-0.39, 0.29) is 35.6 Å². The van der Waals surface area contributed by atoms with Crippen molar-refractivity contribution in [3.8, 4) is 0 Å². The minimum atomic E-state index is -3.46. The highest BCUT2D eigenvalue weighted by Gasteiger charge is 2.36. The summed E-state index contributed by atoms with van der Waals surface area (Å²) in [7, 11) is -3.46. The van der Waals surface area contributed by atoms with Gasteiger partial charge >= 0.3 is 0 Å². The zero-order chi connectivity index (χ0) is 19.7. The van der Waals surface area contributed by atoms with Crippen molar-refractivity contribution in [1.29, 1.82) is 0 Å². The Hall–Kier alpha value is -1.40. The SMILES string of the molecule is CC(C)(C)c1ccc(S(=O)(=O)CCC(=O)N2CCOC3CCCCC32)cc1. The van der Waals surface area contributed by atoms with Gasteiger partial charge in [-0.2, -0.15) is 0 Å². The zero-order valence-electron chi connectivity index (χ0n) is 16.6. The van der Waals surface area contributed by atoms with Crippen molar-refractivity contribution < 1.29 is 17.9 Å². The molecule has 27 heavy (non-hydrogen) atoms. The Morgan fingerprint density at radius 3 is 2.48 bits per heavy atom. The van der Waals surface area contributed by atoms with Crippen LogP contribution in [0, 0.1) is 0 Å². The predicted octanol–water partition coefficient (Wildman–Crippen LogP) is 3.32. The van der Waals surface area contributed by atoms with Crippen LogP contribution in [0.1, 0.15) is 58.4 Å². The Balaban J connectivity index is 1.63. The van der Waals surface area contributed by atoms with E-state index in [2.05, 4.69) is 20.8 Å². The van der Waals surface area contributed by atoms with Crippen LogP contribution < -0.4 is 0 Å². The molecule has 1 saturated carbocycles. The first-order valence-corrected chi connectivity index (χ1v) is 11.6. The van der Waals surface area contributed by atoms with Crippen LogP contribution in [-0.2, 0) is 24.8 Å². The molecule has 6 heteroatoms. The molecule has 1 aromatic carbocycles. The van der Waals surface area contributed by atoms with Crippen LogP contribution in [0.15, 0.2) is 29.2 Å². The number of carbonyl (C=O) groups excluding carboxylic acids is 1. The first kappa shape index (κ1) is 20.3. The van der Waals surface area contributed by atoms with Gasteiger partial charge in [0.05, 0.1) is 29.4 Å². The fourth-order valence-corrected chi connectivity index (χ4v) is 5.28. The maximum Gasteiger partial charge on any atom is 0.224 e. The molecule has 0 bridgehead atoms. The molecule has 2 fully saturated rings. The van der Waals surface area contributed by atoms with Crippen LogP contribution >= 0.6 is 0 Å². The van der Waals surface area contributed by atoms with Gasteiger partial charge in [-0.25, -0.2) is 8.42 Å². The number of ether oxygens (including phenoxy) is 1. The van der Waals surface area contributed by atoms with Gasteiger partial charge in [0.2, 0.25) is 5.91 Å². The molecule has 1 aliphatic heterocycles. The summed E-state index contributed by atoms with van der Waals surface area (Å²) in [6.45, 7) is 7.40. The van der Waals surface area contributed by atoms with Crippen molar-refractivity contribution in [2.45, 2.75) is 75.3 Å². The molecule has 1 saturated heterocycles. The van der Waals surface area contributed by atoms with Crippen LogP contribution in [-0.4, -0.2) is 50.3 Å². The molecule has 0 spiro atoms. The number of morpholine rings is 1. The van der Waals surface area contributed by atoms with E-state index in [4.69, 9.17) is 4.74 Å². The van der Waals surface area contributed by atoms with E-state index in [1.54, 1.807) is 12.1 Å². The Kier molecular flexibility index (Phi) is 5.96. The maximum absolute atomic E-state index is 12.7. The van der Waals surface area contributed by atoms with Gasteiger partial charge in [0, 0.05) is 13.0 Å². The van der Waals surface area contributed by atoms with Gasteiger partial charge in [-0.3, -0.25) is 4.79 Å². The smallest absolute Gasteiger partial charge is 0.224 e. The average Bonchev–Trinajstić information content (AvgIpc) is 2.65. The molecule has 2 atom stereocenters. The molecule has 3 rings (SSSR count). The Morgan fingerprint density at radius 2 is 1.81 bits per heavy atom. The quantitative estimate of drug-likeness (QED) is 0.787. The molecule has 0 N–H and O–H groups in total. The van der Waals surface area contributed by atoms with E-state index in [9.17, 15) is 13.2 Å². The number of carbonyl (C=O) groups is 1. The molecule has 0 aromatic heterocycles. The van der Waals surface area contributed by atoms with E-state index < -0.39 is 9.84 Å². The number of fused-ring (bicyclic) bond motifs is 1. The van der Waals surface area contributed by atoms with Crippen LogP contribution in [0.3, 0.4) is 0 Å². The highest BCUT2D eigenvalue weighted by Crippen LogP contribution is 2.29. The molecule has 1 amide bonds. The minimum absolute atomic E-state index is 0.0227. The Labute approximate surface area is 163 Å². The summed E-state index contributed by atoms with van der Waals surface area (Å²) in [5.74, 6) is -0.208. The van der Waals surface area contributed by atoms with Crippen LogP contribution in [0.2, 0.25) is 0 Å². The monoisotopic (exact) mass is 393 g/mol. The van der Waals surface area contributed by atoms with Gasteiger partial charge in [0.15, 0.2) is 9.84 Å². The number of benzene rings is 1. The van der Waals surface area contributed by atoms with E-state index in [0.29, 0.717) is 18.0 Å². The van der Waals surface area contributed by atoms with Gasteiger partial charge in [0.1, 0.15) is 0 Å². The number of nitrogens with zero attached hydrogens (tertiary/aromatic N) is 1. The van der Waals surface area contributed by atoms with Gasteiger partial charge in [-0.15, -0.1) is 0 Å². The Bertz CT molecular complexity index is 762. The molecule has 1 heterocycles. The normalized spacial score (nSPS) is 23.7. The summed E-state index contributed by atoms with van der Waals surface area (Å²) >= 11 is 0. The molecule has 0 radical (unpaired) electrons. The molecule has 1 aliphatic carbocycles. The van der Waals surface area contributed by atoms with Crippen molar-refractivity contribution in [2.75, 3.05) is 18.9 Å². The second kappa shape index (κ2) is 7.92. The van der Waals surface area contributed by atoms with Crippen molar-refractivity contribution >= 4 is 15.7 Å². The third-order valence-corrected chi connectivity index (χ3v) is 7.45. The van der Waals surface area contributed by atoms with Crippen molar-refractivity contribution in [2.24, 2.45) is 0 Å². The molecule has 5 nitrogen and oxygen atoms in total. The second-order valence-corrected chi connectivity index (χ2v) is 10.8. The summed E-state index contributed by atoms with van der Waals surface area (Å²) in [6, 6.07) is 7.17. The second-order valence-electron chi connectivity index (χ2n) is 8.69. The lowest BCUT2D eigenvalue weighted by Gasteiger charge is -2.43. The lowest BCUT2D eigenvalue weighted by Crippen LogP contribution is -2.55. The number of hydrogen-bond acceptors (Lipinski definition) is 4. The minimum Gasteiger partial charge on any atom is -0.374 e. The fourth-order valence-electron chi connectivity index (χ4n) is 4.05. The lowest BCUT2D eigenvalue weighted by molar-refractivity contribution is -0.149. The fraction of sp³-hybridized carbons (Fsp3) is 0.667. The average molecular weight is 394 g/mol. The summed E-state index contributed by atoms with van der Waals surface area (Å²) in [5.41, 5.74) is 1.07. The molecule has 150 valence electrons. The van der Waals surface area contributed by atoms with Crippen LogP contribution in [0.5, 0.6) is 0 Å². The molecule has 1 aromatic rings. The zero-order valence-corrected chi connectivity index (χ0v) is 17.4. The van der Waals surface area contributed by atoms with Crippen molar-refractivity contribution in [3.63, 3.8) is 0 Å². The summed E-state index contributed by atoms with van der Waals surface area (Å²) < 4.78 is 31.1. The van der Waals surface area contributed by atoms with E-state index in [1.807, 2.05) is 17.0 Å². The van der Waals surface area contributed by atoms with Gasteiger partial charge < -0.3 is 9.64 Å². The Morgan fingerprint density at radius 1 is 1.15 bits per heavy atom. The largest absolute Gasteiger partial charge is 0.374 e. The molecular weight excluding hydrogens is 362 g/mol. The van der Waals surface area contributed by atoms with Gasteiger partial charge in [-0.05, 0) is 36.0 Å². The lowest BCUT2D eigenvalue weighted by atomic mass is 9.87. The summed E-state index contributed by atoms with van der Waals surface area (Å²) in [6.07, 6.45) is 4.35. The highest BCUT2D eigenvalue weighted by molar-refractivity contribution is 7.91. The van der Waals surface area contributed by atoms with E-state index >= 15 is 0 Å². The number of hydrogen-bond donors (Lipinski definition) is 0. The topological polar surface area (TPSA) is 63.7 Å². The first-order chi connectivity index (χ1) is 12.7. The number of sulfone groups is 1. The third-order valence-electron chi connectivity index (χ3n) is 5.72. The predicted molar refractivity (Wildman–Crippen MR) is 106 cm³/mol. The molecule has 2 aliphatic rings. The van der Waals surface area contributed by atoms with Crippen molar-refractivity contribution in [3.05, 3.63) is 29.8 Å². The summed E-state index contributed by atoms with van der Waals surface area (Å²) in [5, 5.41) is 0. The van der Waals surface area contributed by atoms with E-state index in [0.717, 1.165) is 31.2 Å². The standard InChI is InChI=1S/C21H31NO4S/c1-21(2,3)16-8-10-17(11-9-16)27(24,25)15-12-20(23)22-13-14-26-19-7-5-4-6-18(19)22/h8-11,18-19H,4-7,12-15H2,1-3H3. The first-order valence-electron chi connectivity index (χ1n) is 9.93. The molecule has 2 unspecified atom stereocenters. The van der Waals surface area contributed by atoms with E-state index in [1.165, 1.54) is 0 Å². The van der Waals surface area contributed by atoms with Crippen LogP contribution in [0.4, 0.5) is 0 Å². The van der Waals surface area contributed by atoms with Crippen molar-refractivity contribution in [1.82, 2.24) is 4.90 Å². The van der Waals surface area contributed by atoms with Crippen LogP contribution in [0.25, 0.3) is 0 Å². The van der Waals surface area contributed by atoms with Gasteiger partial charge in [-0.1, -0.05) is 45.7 Å².